The van der Waals surface area contributed by atoms with E-state index in [0.29, 0.717) is 11.6 Å². The summed E-state index contributed by atoms with van der Waals surface area (Å²) in [6.45, 7) is 0.633. The molecule has 0 unspecified atom stereocenters. The van der Waals surface area contributed by atoms with E-state index in [1.807, 2.05) is 6.08 Å². The molecule has 0 aliphatic carbocycles. The van der Waals surface area contributed by atoms with Crippen LogP contribution in [-0.2, 0) is 0 Å². The molecule has 5 nitrogen and oxygen atoms in total. The highest BCUT2D eigenvalue weighted by Gasteiger charge is 2.11. The molecule has 6 heteroatoms. The lowest BCUT2D eigenvalue weighted by molar-refractivity contribution is 0.0697. The fourth-order valence-corrected chi connectivity index (χ4v) is 1.71. The van der Waals surface area contributed by atoms with Crippen molar-refractivity contribution < 1.29 is 9.90 Å². The van der Waals surface area contributed by atoms with E-state index in [0.717, 1.165) is 12.1 Å². The molecule has 2 rings (SSSR count). The lowest BCUT2D eigenvalue weighted by Gasteiger charge is -2.16. The van der Waals surface area contributed by atoms with E-state index < -0.39 is 5.97 Å². The molecule has 1 aromatic carbocycles. The van der Waals surface area contributed by atoms with Gasteiger partial charge >= 0.3 is 5.97 Å². The Morgan fingerprint density at radius 1 is 1.35 bits per heavy atom. The molecule has 0 amide bonds. The summed E-state index contributed by atoms with van der Waals surface area (Å²) in [6.07, 6.45) is 2.72. The second kappa shape index (κ2) is 5.01. The van der Waals surface area contributed by atoms with Crippen molar-refractivity contribution in [2.24, 2.45) is 10.3 Å². The monoisotopic (exact) mass is 249 g/mol. The van der Waals surface area contributed by atoms with Crippen molar-refractivity contribution in [3.8, 4) is 0 Å². The Balaban J connectivity index is 2.30. The highest BCUT2D eigenvalue weighted by atomic mass is 32.1. The fraction of sp³-hybridized carbons (Fsp3) is 0.182. The summed E-state index contributed by atoms with van der Waals surface area (Å²) in [4.78, 5) is 10.7. The number of carbonyl (C=O) groups is 1. The Morgan fingerprint density at radius 2 is 2.06 bits per heavy atom. The lowest BCUT2D eigenvalue weighted by Crippen LogP contribution is -2.10. The molecule has 0 bridgehead atoms. The van der Waals surface area contributed by atoms with E-state index in [4.69, 9.17) is 5.11 Å². The second-order valence-electron chi connectivity index (χ2n) is 3.47. The molecule has 1 aliphatic rings. The first kappa shape index (κ1) is 11.7. The van der Waals surface area contributed by atoms with E-state index in [9.17, 15) is 4.79 Å². The molecule has 0 fully saturated rings. The molecule has 1 heterocycles. The topological polar surface area (TPSA) is 65.3 Å². The average Bonchev–Trinajstić information content (AvgIpc) is 2.54. The summed E-state index contributed by atoms with van der Waals surface area (Å²) in [5, 5.41) is 19.0. The molecule has 0 saturated heterocycles. The van der Waals surface area contributed by atoms with Crippen molar-refractivity contribution in [1.29, 1.82) is 0 Å². The van der Waals surface area contributed by atoms with Gasteiger partial charge in [-0.05, 0) is 30.7 Å². The number of hydrogen-bond acceptors (Lipinski definition) is 5. The number of carboxylic acid groups (broad SMARTS) is 1. The zero-order chi connectivity index (χ0) is 12.3. The second-order valence-corrected chi connectivity index (χ2v) is 3.93. The molecule has 0 saturated carbocycles. The van der Waals surface area contributed by atoms with Crippen LogP contribution in [0.4, 0.5) is 5.69 Å². The van der Waals surface area contributed by atoms with Crippen LogP contribution in [0.1, 0.15) is 16.8 Å². The number of hydrogen-bond donors (Lipinski definition) is 2. The zero-order valence-electron chi connectivity index (χ0n) is 8.95. The first-order valence-electron chi connectivity index (χ1n) is 5.08. The molecule has 1 aliphatic heterocycles. The van der Waals surface area contributed by atoms with Crippen LogP contribution in [0.25, 0.3) is 0 Å². The molecular weight excluding hydrogens is 238 g/mol. The molecule has 88 valence electrons. The van der Waals surface area contributed by atoms with Gasteiger partial charge in [-0.15, -0.1) is 12.6 Å². The minimum Gasteiger partial charge on any atom is -0.478 e. The van der Waals surface area contributed by atoms with Crippen LogP contribution in [0.3, 0.4) is 0 Å². The van der Waals surface area contributed by atoms with Gasteiger partial charge < -0.3 is 5.11 Å². The highest BCUT2D eigenvalue weighted by Crippen LogP contribution is 2.24. The van der Waals surface area contributed by atoms with Crippen LogP contribution in [-0.4, -0.2) is 17.6 Å². The van der Waals surface area contributed by atoms with Gasteiger partial charge in [-0.3, -0.25) is 0 Å². The summed E-state index contributed by atoms with van der Waals surface area (Å²) < 4.78 is 0. The van der Waals surface area contributed by atoms with Crippen LogP contribution in [0, 0.1) is 0 Å². The smallest absolute Gasteiger partial charge is 0.335 e. The van der Waals surface area contributed by atoms with Gasteiger partial charge in [-0.1, -0.05) is 11.3 Å². The molecule has 0 atom stereocenters. The van der Waals surface area contributed by atoms with Gasteiger partial charge in [0.1, 0.15) is 0 Å². The third-order valence-electron chi connectivity index (χ3n) is 2.28. The minimum absolute atomic E-state index is 0.241. The minimum atomic E-state index is -0.948. The van der Waals surface area contributed by atoms with Gasteiger partial charge in [0.2, 0.25) is 0 Å². The number of rotatable bonds is 2. The molecule has 1 N–H and O–H groups in total. The number of aromatic carboxylic acids is 1. The maximum absolute atomic E-state index is 10.7. The van der Waals surface area contributed by atoms with E-state index in [1.54, 1.807) is 17.1 Å². The van der Waals surface area contributed by atoms with Gasteiger partial charge in [-0.2, -0.15) is 5.11 Å². The van der Waals surface area contributed by atoms with Gasteiger partial charge in [0.15, 0.2) is 0 Å². The molecule has 0 aromatic heterocycles. The number of carboxylic acids is 1. The molecule has 0 spiro atoms. The van der Waals surface area contributed by atoms with Crippen LogP contribution in [0.2, 0.25) is 0 Å². The summed E-state index contributed by atoms with van der Waals surface area (Å²) >= 11 is 4.32. The first-order valence-corrected chi connectivity index (χ1v) is 5.53. The quantitative estimate of drug-likeness (QED) is 0.792. The zero-order valence-corrected chi connectivity index (χ0v) is 9.84. The van der Waals surface area contributed by atoms with Crippen LogP contribution in [0.5, 0.6) is 0 Å². The Morgan fingerprint density at radius 3 is 2.71 bits per heavy atom. The Hall–Kier alpha value is -1.82. The van der Waals surface area contributed by atoms with Gasteiger partial charge in [0, 0.05) is 0 Å². The number of thiol groups is 1. The summed E-state index contributed by atoms with van der Waals surface area (Å²) in [6, 6.07) is 6.41. The number of nitrogens with zero attached hydrogens (tertiary/aromatic N) is 3. The highest BCUT2D eigenvalue weighted by molar-refractivity contribution is 7.84. The maximum atomic E-state index is 10.7. The van der Waals surface area contributed by atoms with Crippen molar-refractivity contribution in [2.45, 2.75) is 6.42 Å². The third kappa shape index (κ3) is 2.65. The Bertz CT molecular complexity index is 482. The summed E-state index contributed by atoms with van der Waals surface area (Å²) in [7, 11) is 0. The van der Waals surface area contributed by atoms with Gasteiger partial charge in [0.25, 0.3) is 0 Å². The van der Waals surface area contributed by atoms with Crippen LogP contribution < -0.4 is 5.01 Å². The van der Waals surface area contributed by atoms with Crippen molar-refractivity contribution in [2.75, 3.05) is 11.6 Å². The van der Waals surface area contributed by atoms with Crippen molar-refractivity contribution in [3.63, 3.8) is 0 Å². The molecule has 17 heavy (non-hydrogen) atoms. The number of anilines is 1. The van der Waals surface area contributed by atoms with E-state index >= 15 is 0 Å². The van der Waals surface area contributed by atoms with Crippen LogP contribution in [0.15, 0.2) is 45.7 Å². The third-order valence-corrected chi connectivity index (χ3v) is 2.66. The lowest BCUT2D eigenvalue weighted by atomic mass is 10.2. The largest absolute Gasteiger partial charge is 0.478 e. The number of benzene rings is 1. The summed E-state index contributed by atoms with van der Waals surface area (Å²) in [5.74, 6) is -0.948. The Labute approximate surface area is 104 Å². The maximum Gasteiger partial charge on any atom is 0.335 e. The van der Waals surface area contributed by atoms with Crippen molar-refractivity contribution in [3.05, 3.63) is 40.9 Å². The molecular formula is C11H11N3O2S. The predicted octanol–water partition coefficient (Wildman–Crippen LogP) is 2.73. The van der Waals surface area contributed by atoms with Crippen molar-refractivity contribution in [1.82, 2.24) is 0 Å². The average molecular weight is 249 g/mol. The molecule has 0 radical (unpaired) electrons. The Kier molecular flexibility index (Phi) is 3.43. The SMILES string of the molecule is O=C(O)c1ccc(N2N=NCCC=C2S)cc1. The fourth-order valence-electron chi connectivity index (χ4n) is 1.42. The summed E-state index contributed by atoms with van der Waals surface area (Å²) in [5.41, 5.74) is 0.979. The van der Waals surface area contributed by atoms with Gasteiger partial charge in [0.05, 0.1) is 22.8 Å². The molecule has 1 aromatic rings. The predicted molar refractivity (Wildman–Crippen MR) is 67.3 cm³/mol. The first-order chi connectivity index (χ1) is 8.18. The normalized spacial score (nSPS) is 15.4. The van der Waals surface area contributed by atoms with E-state index in [1.165, 1.54) is 12.1 Å². The van der Waals surface area contributed by atoms with E-state index in [2.05, 4.69) is 23.0 Å². The standard InChI is InChI=1S/C11H11N3O2S/c15-11(16)8-3-5-9(6-4-8)14-10(17)2-1-7-12-13-14/h2-6,17H,1,7H2,(H,15,16). The van der Waals surface area contributed by atoms with E-state index in [-0.39, 0.29) is 5.56 Å². The van der Waals surface area contributed by atoms with Gasteiger partial charge in [-0.25, -0.2) is 9.80 Å². The van der Waals surface area contributed by atoms with Crippen LogP contribution >= 0.6 is 12.6 Å². The van der Waals surface area contributed by atoms with Crippen molar-refractivity contribution >= 4 is 24.3 Å².